The molecule has 0 spiro atoms. The molecule has 2 aromatic carbocycles. The highest BCUT2D eigenvalue weighted by Gasteiger charge is 2.23. The molecule has 6 nitrogen and oxygen atoms in total. The van der Waals surface area contributed by atoms with Crippen LogP contribution < -0.4 is 20.1 Å². The molecule has 0 aromatic heterocycles. The number of ether oxygens (including phenoxy) is 2. The van der Waals surface area contributed by atoms with Gasteiger partial charge in [-0.05, 0) is 62.2 Å². The van der Waals surface area contributed by atoms with Crippen molar-refractivity contribution in [1.29, 1.82) is 0 Å². The minimum Gasteiger partial charge on any atom is -0.493 e. The molecule has 1 fully saturated rings. The Morgan fingerprint density at radius 1 is 1.00 bits per heavy atom. The van der Waals surface area contributed by atoms with Gasteiger partial charge in [0.25, 0.3) is 11.8 Å². The van der Waals surface area contributed by atoms with Crippen LogP contribution in [0.3, 0.4) is 0 Å². The first kappa shape index (κ1) is 17.8. The highest BCUT2D eigenvalue weighted by atomic mass is 16.5. The van der Waals surface area contributed by atoms with Gasteiger partial charge in [-0.15, -0.1) is 0 Å². The third-order valence-corrected chi connectivity index (χ3v) is 4.04. The second kappa shape index (κ2) is 7.91. The van der Waals surface area contributed by atoms with E-state index in [1.807, 2.05) is 6.92 Å². The molecule has 1 aliphatic rings. The normalized spacial score (nSPS) is 13.0. The minimum atomic E-state index is -0.260. The third-order valence-electron chi connectivity index (χ3n) is 4.04. The minimum absolute atomic E-state index is 0.0816. The van der Waals surface area contributed by atoms with Gasteiger partial charge in [-0.1, -0.05) is 0 Å². The van der Waals surface area contributed by atoms with E-state index < -0.39 is 0 Å². The topological polar surface area (TPSA) is 76.7 Å². The summed E-state index contributed by atoms with van der Waals surface area (Å²) in [4.78, 5) is 24.4. The fourth-order valence-electron chi connectivity index (χ4n) is 2.49. The number of hydrogen-bond acceptors (Lipinski definition) is 4. The predicted molar refractivity (Wildman–Crippen MR) is 99.0 cm³/mol. The first-order chi connectivity index (χ1) is 12.6. The summed E-state index contributed by atoms with van der Waals surface area (Å²) < 4.78 is 10.7. The molecular formula is C20H22N2O4. The molecule has 0 saturated heterocycles. The van der Waals surface area contributed by atoms with E-state index in [4.69, 9.17) is 9.47 Å². The van der Waals surface area contributed by atoms with Crippen molar-refractivity contribution in [2.45, 2.75) is 25.8 Å². The lowest BCUT2D eigenvalue weighted by Crippen LogP contribution is -2.25. The Hall–Kier alpha value is -3.02. The van der Waals surface area contributed by atoms with Gasteiger partial charge >= 0.3 is 0 Å². The number of methoxy groups -OCH3 is 1. The van der Waals surface area contributed by atoms with Crippen LogP contribution >= 0.6 is 0 Å². The number of nitrogens with one attached hydrogen (secondary N) is 2. The van der Waals surface area contributed by atoms with E-state index in [1.165, 1.54) is 0 Å². The maximum Gasteiger partial charge on any atom is 0.255 e. The average molecular weight is 354 g/mol. The van der Waals surface area contributed by atoms with Gasteiger partial charge in [-0.25, -0.2) is 0 Å². The number of anilines is 1. The molecule has 2 aromatic rings. The van der Waals surface area contributed by atoms with E-state index in [9.17, 15) is 9.59 Å². The SMILES string of the molecule is CCOc1cc(C(=O)Nc2ccc(C(=O)NC3CC3)cc2)ccc1OC. The van der Waals surface area contributed by atoms with Crippen molar-refractivity contribution >= 4 is 17.5 Å². The summed E-state index contributed by atoms with van der Waals surface area (Å²) in [6, 6.07) is 12.2. The van der Waals surface area contributed by atoms with Gasteiger partial charge in [-0.2, -0.15) is 0 Å². The van der Waals surface area contributed by atoms with Gasteiger partial charge in [0.15, 0.2) is 11.5 Å². The number of carbonyl (C=O) groups is 2. The highest BCUT2D eigenvalue weighted by molar-refractivity contribution is 6.05. The van der Waals surface area contributed by atoms with Crippen molar-refractivity contribution < 1.29 is 19.1 Å². The molecule has 0 bridgehead atoms. The summed E-state index contributed by atoms with van der Waals surface area (Å²) in [5.41, 5.74) is 1.66. The molecule has 6 heteroatoms. The molecule has 136 valence electrons. The fraction of sp³-hybridized carbons (Fsp3) is 0.300. The first-order valence-electron chi connectivity index (χ1n) is 8.64. The van der Waals surface area contributed by atoms with Crippen LogP contribution in [0.25, 0.3) is 0 Å². The monoisotopic (exact) mass is 354 g/mol. The molecule has 0 atom stereocenters. The number of amides is 2. The van der Waals surface area contributed by atoms with Crippen LogP contribution in [0.5, 0.6) is 11.5 Å². The van der Waals surface area contributed by atoms with Gasteiger partial charge in [-0.3, -0.25) is 9.59 Å². The Morgan fingerprint density at radius 2 is 1.69 bits per heavy atom. The second-order valence-electron chi connectivity index (χ2n) is 6.08. The largest absolute Gasteiger partial charge is 0.493 e. The molecule has 0 heterocycles. The van der Waals surface area contributed by atoms with E-state index in [0.717, 1.165) is 12.8 Å². The van der Waals surface area contributed by atoms with E-state index in [2.05, 4.69) is 10.6 Å². The Bertz CT molecular complexity index is 798. The summed E-state index contributed by atoms with van der Waals surface area (Å²) in [5, 5.41) is 5.75. The smallest absolute Gasteiger partial charge is 0.255 e. The maximum atomic E-state index is 12.5. The molecular weight excluding hydrogens is 332 g/mol. The molecule has 1 aliphatic carbocycles. The van der Waals surface area contributed by atoms with Gasteiger partial charge in [0.05, 0.1) is 13.7 Å². The number of hydrogen-bond donors (Lipinski definition) is 2. The Morgan fingerprint density at radius 3 is 2.31 bits per heavy atom. The molecule has 2 amide bonds. The van der Waals surface area contributed by atoms with E-state index in [0.29, 0.717) is 41.0 Å². The first-order valence-corrected chi connectivity index (χ1v) is 8.64. The Kier molecular flexibility index (Phi) is 5.41. The average Bonchev–Trinajstić information content (AvgIpc) is 3.46. The van der Waals surface area contributed by atoms with Crippen molar-refractivity contribution in [3.63, 3.8) is 0 Å². The Labute approximate surface area is 152 Å². The summed E-state index contributed by atoms with van der Waals surface area (Å²) in [7, 11) is 1.55. The summed E-state index contributed by atoms with van der Waals surface area (Å²) in [6.45, 7) is 2.35. The highest BCUT2D eigenvalue weighted by Crippen LogP contribution is 2.28. The van der Waals surface area contributed by atoms with Crippen molar-refractivity contribution in [3.8, 4) is 11.5 Å². The van der Waals surface area contributed by atoms with Gasteiger partial charge in [0, 0.05) is 22.9 Å². The van der Waals surface area contributed by atoms with Crippen molar-refractivity contribution in [2.24, 2.45) is 0 Å². The van der Waals surface area contributed by atoms with Gasteiger partial charge in [0.1, 0.15) is 0 Å². The predicted octanol–water partition coefficient (Wildman–Crippen LogP) is 3.24. The lowest BCUT2D eigenvalue weighted by molar-refractivity contribution is 0.0950. The molecule has 0 radical (unpaired) electrons. The lowest BCUT2D eigenvalue weighted by atomic mass is 10.1. The van der Waals surface area contributed by atoms with Crippen LogP contribution in [0.4, 0.5) is 5.69 Å². The van der Waals surface area contributed by atoms with Crippen molar-refractivity contribution in [1.82, 2.24) is 5.32 Å². The zero-order valence-electron chi connectivity index (χ0n) is 14.9. The van der Waals surface area contributed by atoms with E-state index in [1.54, 1.807) is 49.6 Å². The van der Waals surface area contributed by atoms with Crippen molar-refractivity contribution in [2.75, 3.05) is 19.0 Å². The molecule has 2 N–H and O–H groups in total. The fourth-order valence-corrected chi connectivity index (χ4v) is 2.49. The third kappa shape index (κ3) is 4.33. The van der Waals surface area contributed by atoms with Crippen molar-refractivity contribution in [3.05, 3.63) is 53.6 Å². The summed E-state index contributed by atoms with van der Waals surface area (Å²) >= 11 is 0. The van der Waals surface area contributed by atoms with Crippen LogP contribution in [-0.2, 0) is 0 Å². The standard InChI is InChI=1S/C20H22N2O4/c1-3-26-18-12-14(6-11-17(18)25-2)20(24)22-15-7-4-13(5-8-15)19(23)21-16-9-10-16/h4-8,11-12,16H,3,9-10H2,1-2H3,(H,21,23)(H,22,24). The van der Waals surface area contributed by atoms with Crippen LogP contribution in [0.2, 0.25) is 0 Å². The molecule has 1 saturated carbocycles. The van der Waals surface area contributed by atoms with Gasteiger partial charge < -0.3 is 20.1 Å². The maximum absolute atomic E-state index is 12.5. The number of rotatable bonds is 7. The second-order valence-corrected chi connectivity index (χ2v) is 6.08. The van der Waals surface area contributed by atoms with E-state index >= 15 is 0 Å². The summed E-state index contributed by atoms with van der Waals surface area (Å²) in [5.74, 6) is 0.759. The molecule has 3 rings (SSSR count). The zero-order chi connectivity index (χ0) is 18.5. The van der Waals surface area contributed by atoms with Crippen LogP contribution in [-0.4, -0.2) is 31.6 Å². The van der Waals surface area contributed by atoms with Gasteiger partial charge in [0.2, 0.25) is 0 Å². The number of benzene rings is 2. The molecule has 0 unspecified atom stereocenters. The summed E-state index contributed by atoms with van der Waals surface area (Å²) in [6.07, 6.45) is 2.09. The zero-order valence-corrected chi connectivity index (χ0v) is 14.9. The lowest BCUT2D eigenvalue weighted by Gasteiger charge is -2.11. The molecule has 0 aliphatic heterocycles. The quantitative estimate of drug-likeness (QED) is 0.800. The van der Waals surface area contributed by atoms with Crippen LogP contribution in [0.1, 0.15) is 40.5 Å². The van der Waals surface area contributed by atoms with Crippen LogP contribution in [0.15, 0.2) is 42.5 Å². The van der Waals surface area contributed by atoms with Crippen LogP contribution in [0, 0.1) is 0 Å². The number of carbonyl (C=O) groups excluding carboxylic acids is 2. The molecule has 26 heavy (non-hydrogen) atoms. The Balaban J connectivity index is 1.67. The van der Waals surface area contributed by atoms with E-state index in [-0.39, 0.29) is 11.8 Å².